The molecule has 3 fully saturated rings. The molecular weight excluding hydrogens is 300 g/mol. The fraction of sp³-hybridized carbons (Fsp3) is 0.857. The van der Waals surface area contributed by atoms with Crippen LogP contribution in [0.3, 0.4) is 0 Å². The van der Waals surface area contributed by atoms with E-state index in [1.54, 1.807) is 6.92 Å². The second kappa shape index (κ2) is 5.59. The zero-order valence-corrected chi connectivity index (χ0v) is 15.4. The predicted molar refractivity (Wildman–Crippen MR) is 93.3 cm³/mol. The number of hydrogen-bond donors (Lipinski definition) is 1. The molecule has 0 aromatic rings. The van der Waals surface area contributed by atoms with Gasteiger partial charge in [0.15, 0.2) is 0 Å². The quantitative estimate of drug-likeness (QED) is 0.577. The molecule has 0 aromatic carbocycles. The average molecular weight is 332 g/mol. The number of esters is 1. The van der Waals surface area contributed by atoms with Gasteiger partial charge in [-0.15, -0.1) is 0 Å². The van der Waals surface area contributed by atoms with Crippen molar-refractivity contribution in [1.29, 1.82) is 0 Å². The number of carbonyl (C=O) groups excluding carboxylic acids is 1. The van der Waals surface area contributed by atoms with Crippen molar-refractivity contribution in [2.24, 2.45) is 28.6 Å². The SMILES string of the molecule is CC(=O)O[C@H]1CC[C@H]2[C@@H]3CCC4=CC(O)CC[C@]4(C)[C@H]3CC[C@]12C. The third-order valence-corrected chi connectivity index (χ3v) is 8.31. The van der Waals surface area contributed by atoms with E-state index in [0.717, 1.165) is 37.5 Å². The molecule has 0 amide bonds. The molecule has 0 bridgehead atoms. The van der Waals surface area contributed by atoms with Crippen LogP contribution in [-0.4, -0.2) is 23.3 Å². The van der Waals surface area contributed by atoms with Gasteiger partial charge in [-0.3, -0.25) is 4.79 Å². The summed E-state index contributed by atoms with van der Waals surface area (Å²) in [7, 11) is 0. The summed E-state index contributed by atoms with van der Waals surface area (Å²) in [5, 5.41) is 10.0. The highest BCUT2D eigenvalue weighted by Crippen LogP contribution is 2.65. The number of fused-ring (bicyclic) bond motifs is 5. The molecule has 0 heterocycles. The summed E-state index contributed by atoms with van der Waals surface area (Å²) in [6.07, 6.45) is 11.2. The van der Waals surface area contributed by atoms with E-state index in [1.165, 1.54) is 31.3 Å². The number of carbonyl (C=O) groups is 1. The lowest BCUT2D eigenvalue weighted by atomic mass is 9.47. The Balaban J connectivity index is 1.61. The molecule has 7 atom stereocenters. The molecule has 0 saturated heterocycles. The lowest BCUT2D eigenvalue weighted by Gasteiger charge is -2.58. The second-order valence-electron chi connectivity index (χ2n) is 9.35. The fourth-order valence-electron chi connectivity index (χ4n) is 7.06. The Hall–Kier alpha value is -0.830. The number of rotatable bonds is 1. The van der Waals surface area contributed by atoms with Gasteiger partial charge in [0.2, 0.25) is 0 Å². The van der Waals surface area contributed by atoms with E-state index in [4.69, 9.17) is 4.74 Å². The number of allylic oxidation sites excluding steroid dienone is 1. The molecule has 3 nitrogen and oxygen atoms in total. The Labute approximate surface area is 145 Å². The molecule has 3 heteroatoms. The van der Waals surface area contributed by atoms with Gasteiger partial charge in [0, 0.05) is 12.3 Å². The molecule has 4 aliphatic rings. The van der Waals surface area contributed by atoms with Crippen LogP contribution in [0.1, 0.15) is 72.1 Å². The summed E-state index contributed by atoms with van der Waals surface area (Å²) in [4.78, 5) is 11.5. The average Bonchev–Trinajstić information content (AvgIpc) is 2.84. The first-order chi connectivity index (χ1) is 11.3. The maximum absolute atomic E-state index is 11.5. The van der Waals surface area contributed by atoms with Gasteiger partial charge in [0.05, 0.1) is 6.10 Å². The van der Waals surface area contributed by atoms with Gasteiger partial charge in [0.1, 0.15) is 6.10 Å². The summed E-state index contributed by atoms with van der Waals surface area (Å²) in [5.41, 5.74) is 2.00. The minimum atomic E-state index is -0.224. The van der Waals surface area contributed by atoms with E-state index in [1.807, 2.05) is 0 Å². The van der Waals surface area contributed by atoms with Crippen molar-refractivity contribution in [3.8, 4) is 0 Å². The molecule has 134 valence electrons. The minimum Gasteiger partial charge on any atom is -0.462 e. The Morgan fingerprint density at radius 3 is 2.67 bits per heavy atom. The Morgan fingerprint density at radius 2 is 1.92 bits per heavy atom. The van der Waals surface area contributed by atoms with E-state index in [2.05, 4.69) is 19.9 Å². The maximum Gasteiger partial charge on any atom is 0.302 e. The van der Waals surface area contributed by atoms with Gasteiger partial charge >= 0.3 is 5.97 Å². The maximum atomic E-state index is 11.5. The summed E-state index contributed by atoms with van der Waals surface area (Å²) >= 11 is 0. The molecule has 4 rings (SSSR count). The van der Waals surface area contributed by atoms with Crippen LogP contribution in [0.25, 0.3) is 0 Å². The Bertz CT molecular complexity index is 567. The standard InChI is InChI=1S/C21H32O3/c1-13(22)24-19-7-6-17-16-5-4-14-12-15(23)8-10-20(14,2)18(16)9-11-21(17,19)3/h12,15-19,23H,4-11H2,1-3H3/t15?,16-,17-,18-,19-,20-,21-/m0/s1. The topological polar surface area (TPSA) is 46.5 Å². The molecule has 0 aliphatic heterocycles. The Kier molecular flexibility index (Phi) is 3.87. The van der Waals surface area contributed by atoms with Gasteiger partial charge in [-0.05, 0) is 74.5 Å². The van der Waals surface area contributed by atoms with Gasteiger partial charge in [-0.2, -0.15) is 0 Å². The fourth-order valence-corrected chi connectivity index (χ4v) is 7.06. The molecular formula is C21H32O3. The van der Waals surface area contributed by atoms with Gasteiger partial charge < -0.3 is 9.84 Å². The van der Waals surface area contributed by atoms with Crippen molar-refractivity contribution in [3.05, 3.63) is 11.6 Å². The molecule has 24 heavy (non-hydrogen) atoms. The molecule has 1 unspecified atom stereocenters. The van der Waals surface area contributed by atoms with Crippen LogP contribution < -0.4 is 0 Å². The molecule has 3 saturated carbocycles. The summed E-state index contributed by atoms with van der Waals surface area (Å²) in [6.45, 7) is 6.39. The van der Waals surface area contributed by atoms with Crippen molar-refractivity contribution in [3.63, 3.8) is 0 Å². The highest BCUT2D eigenvalue weighted by molar-refractivity contribution is 5.66. The van der Waals surface area contributed by atoms with Crippen LogP contribution in [0.2, 0.25) is 0 Å². The van der Waals surface area contributed by atoms with Gasteiger partial charge in [-0.25, -0.2) is 0 Å². The van der Waals surface area contributed by atoms with E-state index in [9.17, 15) is 9.90 Å². The Morgan fingerprint density at radius 1 is 1.12 bits per heavy atom. The largest absolute Gasteiger partial charge is 0.462 e. The summed E-state index contributed by atoms with van der Waals surface area (Å²) in [6, 6.07) is 0. The second-order valence-corrected chi connectivity index (χ2v) is 9.35. The van der Waals surface area contributed by atoms with Crippen LogP contribution in [-0.2, 0) is 9.53 Å². The summed E-state index contributed by atoms with van der Waals surface area (Å²) < 4.78 is 5.73. The smallest absolute Gasteiger partial charge is 0.302 e. The summed E-state index contributed by atoms with van der Waals surface area (Å²) in [5.74, 6) is 2.10. The molecule has 4 aliphatic carbocycles. The first kappa shape index (κ1) is 16.6. The molecule has 0 aromatic heterocycles. The van der Waals surface area contributed by atoms with Crippen LogP contribution in [0, 0.1) is 28.6 Å². The number of aliphatic hydroxyl groups excluding tert-OH is 1. The monoisotopic (exact) mass is 332 g/mol. The van der Waals surface area contributed by atoms with Crippen molar-refractivity contribution >= 4 is 5.97 Å². The van der Waals surface area contributed by atoms with Crippen LogP contribution >= 0.6 is 0 Å². The number of ether oxygens (including phenoxy) is 1. The van der Waals surface area contributed by atoms with Crippen LogP contribution in [0.5, 0.6) is 0 Å². The third kappa shape index (κ3) is 2.30. The third-order valence-electron chi connectivity index (χ3n) is 8.31. The van der Waals surface area contributed by atoms with Gasteiger partial charge in [0.25, 0.3) is 0 Å². The highest BCUT2D eigenvalue weighted by atomic mass is 16.5. The van der Waals surface area contributed by atoms with Gasteiger partial charge in [-0.1, -0.05) is 25.5 Å². The van der Waals surface area contributed by atoms with Crippen LogP contribution in [0.4, 0.5) is 0 Å². The van der Waals surface area contributed by atoms with Crippen molar-refractivity contribution in [1.82, 2.24) is 0 Å². The van der Waals surface area contributed by atoms with E-state index < -0.39 is 0 Å². The van der Waals surface area contributed by atoms with Crippen molar-refractivity contribution in [2.45, 2.75) is 84.3 Å². The minimum absolute atomic E-state index is 0.119. The number of hydrogen-bond acceptors (Lipinski definition) is 3. The first-order valence-electron chi connectivity index (χ1n) is 9.91. The highest BCUT2D eigenvalue weighted by Gasteiger charge is 2.59. The zero-order valence-electron chi connectivity index (χ0n) is 15.4. The first-order valence-corrected chi connectivity index (χ1v) is 9.91. The van der Waals surface area contributed by atoms with Crippen molar-refractivity contribution in [2.75, 3.05) is 0 Å². The lowest BCUT2D eigenvalue weighted by molar-refractivity contribution is -0.157. The van der Waals surface area contributed by atoms with Crippen molar-refractivity contribution < 1.29 is 14.6 Å². The predicted octanol–water partition coefficient (Wildman–Crippen LogP) is 4.24. The number of aliphatic hydroxyl groups is 1. The lowest BCUT2D eigenvalue weighted by Crippen LogP contribution is -2.51. The zero-order chi connectivity index (χ0) is 17.1. The van der Waals surface area contributed by atoms with Crippen LogP contribution in [0.15, 0.2) is 11.6 Å². The normalized spacial score (nSPS) is 50.3. The molecule has 0 spiro atoms. The molecule has 1 N–H and O–H groups in total. The van der Waals surface area contributed by atoms with E-state index >= 15 is 0 Å². The van der Waals surface area contributed by atoms with E-state index in [0.29, 0.717) is 11.3 Å². The molecule has 0 radical (unpaired) electrons. The van der Waals surface area contributed by atoms with E-state index in [-0.39, 0.29) is 23.6 Å².